The summed E-state index contributed by atoms with van der Waals surface area (Å²) in [5.41, 5.74) is 0.727. The van der Waals surface area contributed by atoms with Crippen molar-refractivity contribution in [2.24, 2.45) is 0 Å². The van der Waals surface area contributed by atoms with Crippen molar-refractivity contribution in [1.82, 2.24) is 10.2 Å². The molecule has 2 N–H and O–H groups in total. The molecule has 1 aromatic heterocycles. The monoisotopic (exact) mass is 389 g/mol. The fourth-order valence-corrected chi connectivity index (χ4v) is 5.26. The number of hydrogen-bond donors (Lipinski definition) is 2. The molecule has 6 heteroatoms. The minimum Gasteiger partial charge on any atom is -0.335 e. The van der Waals surface area contributed by atoms with Crippen LogP contribution < -0.4 is 10.6 Å². The van der Waals surface area contributed by atoms with E-state index in [1.807, 2.05) is 23.5 Å². The van der Waals surface area contributed by atoms with Gasteiger partial charge < -0.3 is 10.6 Å². The lowest BCUT2D eigenvalue weighted by Crippen LogP contribution is -2.56. The van der Waals surface area contributed by atoms with E-state index in [0.29, 0.717) is 17.1 Å². The quantitative estimate of drug-likeness (QED) is 0.763. The molecule has 3 atom stereocenters. The summed E-state index contributed by atoms with van der Waals surface area (Å²) in [6.45, 7) is 1.05. The first-order valence-electron chi connectivity index (χ1n) is 9.28. The number of urea groups is 1. The summed E-state index contributed by atoms with van der Waals surface area (Å²) in [4.78, 5) is 16.5. The standard InChI is InChI=1S/C20H24ClN3OS/c21-14-4-1-5-15(10-14)22-20(25)23-16-11-17-6-2-7-18(12-16)24(17)13-19-8-3-9-26-19/h1,3-5,8-10,16-18H,2,6-7,11-13H2,(H2,22,23,25)/t16?,17-,18+. The van der Waals surface area contributed by atoms with Crippen LogP contribution in [-0.4, -0.2) is 29.1 Å². The Kier molecular flexibility index (Phi) is 5.48. The highest BCUT2D eigenvalue weighted by Crippen LogP contribution is 2.35. The van der Waals surface area contributed by atoms with Crippen LogP contribution in [0.4, 0.5) is 10.5 Å². The zero-order chi connectivity index (χ0) is 17.9. The molecule has 2 bridgehead atoms. The number of nitrogens with zero attached hydrogens (tertiary/aromatic N) is 1. The van der Waals surface area contributed by atoms with Crippen LogP contribution in [0.3, 0.4) is 0 Å². The summed E-state index contributed by atoms with van der Waals surface area (Å²) < 4.78 is 0. The molecular formula is C20H24ClN3OS. The number of carbonyl (C=O) groups excluding carboxylic acids is 1. The number of thiophene rings is 1. The number of hydrogen-bond acceptors (Lipinski definition) is 3. The van der Waals surface area contributed by atoms with E-state index >= 15 is 0 Å². The minimum absolute atomic E-state index is 0.137. The Labute approximate surface area is 163 Å². The van der Waals surface area contributed by atoms with E-state index in [1.165, 1.54) is 24.1 Å². The third-order valence-corrected chi connectivity index (χ3v) is 6.56. The highest BCUT2D eigenvalue weighted by atomic mass is 35.5. The zero-order valence-electron chi connectivity index (χ0n) is 14.7. The molecule has 0 radical (unpaired) electrons. The Bertz CT molecular complexity index is 737. The number of halogens is 1. The van der Waals surface area contributed by atoms with Crippen LogP contribution in [0.15, 0.2) is 41.8 Å². The lowest BCUT2D eigenvalue weighted by molar-refractivity contribution is 0.0208. The number of rotatable bonds is 4. The van der Waals surface area contributed by atoms with Crippen molar-refractivity contribution in [3.63, 3.8) is 0 Å². The molecule has 0 aliphatic carbocycles. The maximum atomic E-state index is 12.4. The fourth-order valence-electron chi connectivity index (χ4n) is 4.36. The van der Waals surface area contributed by atoms with Crippen molar-refractivity contribution in [3.8, 4) is 0 Å². The van der Waals surface area contributed by atoms with Gasteiger partial charge in [-0.05, 0) is 55.3 Å². The van der Waals surface area contributed by atoms with Gasteiger partial charge in [0.05, 0.1) is 0 Å². The van der Waals surface area contributed by atoms with E-state index in [-0.39, 0.29) is 12.1 Å². The van der Waals surface area contributed by atoms with E-state index in [2.05, 4.69) is 33.0 Å². The zero-order valence-corrected chi connectivity index (χ0v) is 16.2. The molecule has 2 aromatic rings. The molecule has 4 rings (SSSR count). The first-order valence-corrected chi connectivity index (χ1v) is 10.5. The summed E-state index contributed by atoms with van der Waals surface area (Å²) >= 11 is 7.82. The lowest BCUT2D eigenvalue weighted by atomic mass is 9.81. The fraction of sp³-hybridized carbons (Fsp3) is 0.450. The van der Waals surface area contributed by atoms with Crippen LogP contribution in [-0.2, 0) is 6.54 Å². The second kappa shape index (κ2) is 7.99. The van der Waals surface area contributed by atoms with Crippen molar-refractivity contribution < 1.29 is 4.79 Å². The second-order valence-electron chi connectivity index (χ2n) is 7.27. The Balaban J connectivity index is 1.35. The number of fused-ring (bicyclic) bond motifs is 2. The number of amides is 2. The summed E-state index contributed by atoms with van der Waals surface area (Å²) in [7, 11) is 0. The Hall–Kier alpha value is -1.56. The summed E-state index contributed by atoms with van der Waals surface area (Å²) in [5.74, 6) is 0. The number of carbonyl (C=O) groups is 1. The van der Waals surface area contributed by atoms with Gasteiger partial charge in [-0.1, -0.05) is 30.2 Å². The predicted octanol–water partition coefficient (Wildman–Crippen LogP) is 5.11. The maximum absolute atomic E-state index is 12.4. The smallest absolute Gasteiger partial charge is 0.319 e. The number of anilines is 1. The van der Waals surface area contributed by atoms with Gasteiger partial charge >= 0.3 is 6.03 Å². The van der Waals surface area contributed by atoms with Crippen LogP contribution >= 0.6 is 22.9 Å². The van der Waals surface area contributed by atoms with Crippen molar-refractivity contribution in [2.45, 2.75) is 56.8 Å². The highest BCUT2D eigenvalue weighted by molar-refractivity contribution is 7.09. The van der Waals surface area contributed by atoms with Crippen LogP contribution in [0.5, 0.6) is 0 Å². The van der Waals surface area contributed by atoms with Gasteiger partial charge in [-0.15, -0.1) is 11.3 Å². The van der Waals surface area contributed by atoms with E-state index in [9.17, 15) is 4.79 Å². The third-order valence-electron chi connectivity index (χ3n) is 5.46. The molecule has 2 saturated heterocycles. The molecule has 0 saturated carbocycles. The Morgan fingerprint density at radius 3 is 2.69 bits per heavy atom. The average molecular weight is 390 g/mol. The molecule has 2 fully saturated rings. The molecule has 138 valence electrons. The van der Waals surface area contributed by atoms with Gasteiger partial charge in [0.25, 0.3) is 0 Å². The van der Waals surface area contributed by atoms with Crippen LogP contribution in [0, 0.1) is 0 Å². The third kappa shape index (κ3) is 4.22. The van der Waals surface area contributed by atoms with Gasteiger partial charge in [0.1, 0.15) is 0 Å². The maximum Gasteiger partial charge on any atom is 0.319 e. The topological polar surface area (TPSA) is 44.4 Å². The van der Waals surface area contributed by atoms with Gasteiger partial charge in [0.15, 0.2) is 0 Å². The Morgan fingerprint density at radius 2 is 2.00 bits per heavy atom. The molecule has 2 aliphatic heterocycles. The molecule has 1 aromatic carbocycles. The Morgan fingerprint density at radius 1 is 1.19 bits per heavy atom. The van der Waals surface area contributed by atoms with Gasteiger partial charge in [-0.2, -0.15) is 0 Å². The first-order chi connectivity index (χ1) is 12.7. The van der Waals surface area contributed by atoms with Crippen molar-refractivity contribution in [2.75, 3.05) is 5.32 Å². The molecule has 0 spiro atoms. The van der Waals surface area contributed by atoms with Crippen LogP contribution in [0.2, 0.25) is 5.02 Å². The molecule has 1 unspecified atom stereocenters. The number of piperidine rings is 2. The van der Waals surface area contributed by atoms with Crippen LogP contribution in [0.25, 0.3) is 0 Å². The summed E-state index contributed by atoms with van der Waals surface area (Å²) in [5, 5.41) is 8.85. The first kappa shape index (κ1) is 17.8. The summed E-state index contributed by atoms with van der Waals surface area (Å²) in [6.07, 6.45) is 5.83. The second-order valence-corrected chi connectivity index (χ2v) is 8.74. The molecule has 26 heavy (non-hydrogen) atoms. The van der Waals surface area contributed by atoms with Crippen molar-refractivity contribution >= 4 is 34.7 Å². The molecule has 3 heterocycles. The molecule has 2 amide bonds. The van der Waals surface area contributed by atoms with E-state index < -0.39 is 0 Å². The van der Waals surface area contributed by atoms with E-state index in [1.54, 1.807) is 12.1 Å². The average Bonchev–Trinajstić information content (AvgIpc) is 3.08. The van der Waals surface area contributed by atoms with Gasteiger partial charge in [0.2, 0.25) is 0 Å². The van der Waals surface area contributed by atoms with Gasteiger partial charge in [-0.25, -0.2) is 4.79 Å². The van der Waals surface area contributed by atoms with Gasteiger partial charge in [0, 0.05) is 40.3 Å². The van der Waals surface area contributed by atoms with Crippen LogP contribution in [0.1, 0.15) is 37.0 Å². The SMILES string of the molecule is O=C(Nc1cccc(Cl)c1)NC1C[C@H]2CCC[C@@H](C1)N2Cc1cccs1. The highest BCUT2D eigenvalue weighted by Gasteiger charge is 2.38. The normalized spacial score (nSPS) is 25.7. The molecule has 2 aliphatic rings. The number of benzene rings is 1. The van der Waals surface area contributed by atoms with Crippen molar-refractivity contribution in [1.29, 1.82) is 0 Å². The minimum atomic E-state index is -0.137. The predicted molar refractivity (Wildman–Crippen MR) is 108 cm³/mol. The largest absolute Gasteiger partial charge is 0.335 e. The van der Waals surface area contributed by atoms with E-state index in [4.69, 9.17) is 11.6 Å². The molecule has 4 nitrogen and oxygen atoms in total. The van der Waals surface area contributed by atoms with Gasteiger partial charge in [-0.3, -0.25) is 4.90 Å². The lowest BCUT2D eigenvalue weighted by Gasteiger charge is -2.48. The van der Waals surface area contributed by atoms with Crippen molar-refractivity contribution in [3.05, 3.63) is 51.7 Å². The summed E-state index contributed by atoms with van der Waals surface area (Å²) in [6, 6.07) is 12.9. The van der Waals surface area contributed by atoms with E-state index in [0.717, 1.165) is 25.1 Å². The number of nitrogens with one attached hydrogen (secondary N) is 2. The molecular weight excluding hydrogens is 366 g/mol.